The van der Waals surface area contributed by atoms with Crippen LogP contribution in [0.15, 0.2) is 18.7 Å². The number of hydrogen-bond acceptors (Lipinski definition) is 4. The van der Waals surface area contributed by atoms with Crippen molar-refractivity contribution in [3.05, 3.63) is 39.9 Å². The molecule has 146 valence electrons. The molecule has 1 aromatic rings. The predicted octanol–water partition coefficient (Wildman–Crippen LogP) is 2.43. The zero-order valence-corrected chi connectivity index (χ0v) is 16.4. The molecule has 1 aromatic carbocycles. The highest BCUT2D eigenvalue weighted by Gasteiger charge is 2.35. The van der Waals surface area contributed by atoms with E-state index >= 15 is 0 Å². The van der Waals surface area contributed by atoms with Crippen LogP contribution in [0.2, 0.25) is 10.0 Å². The van der Waals surface area contributed by atoms with E-state index in [0.29, 0.717) is 34.3 Å². The van der Waals surface area contributed by atoms with Crippen LogP contribution in [0.3, 0.4) is 0 Å². The van der Waals surface area contributed by atoms with Gasteiger partial charge >= 0.3 is 0 Å². The van der Waals surface area contributed by atoms with Gasteiger partial charge in [-0.3, -0.25) is 9.59 Å². The van der Waals surface area contributed by atoms with Crippen LogP contribution in [0.1, 0.15) is 29.9 Å². The highest BCUT2D eigenvalue weighted by Crippen LogP contribution is 2.43. The van der Waals surface area contributed by atoms with Gasteiger partial charge in [0.25, 0.3) is 0 Å². The Kier molecular flexibility index (Phi) is 6.29. The summed E-state index contributed by atoms with van der Waals surface area (Å²) in [4.78, 5) is 25.6. The molecule has 0 aliphatic carbocycles. The predicted molar refractivity (Wildman–Crippen MR) is 105 cm³/mol. The number of benzene rings is 1. The minimum Gasteiger partial charge on any atom is -0.507 e. The number of piperidine rings is 1. The van der Waals surface area contributed by atoms with Gasteiger partial charge in [-0.05, 0) is 38.1 Å². The molecule has 2 saturated heterocycles. The summed E-state index contributed by atoms with van der Waals surface area (Å²) < 4.78 is 0. The average Bonchev–Trinajstić information content (AvgIpc) is 2.65. The summed E-state index contributed by atoms with van der Waals surface area (Å²) in [6.07, 6.45) is 2.87. The summed E-state index contributed by atoms with van der Waals surface area (Å²) in [5.74, 6) is -0.251. The van der Waals surface area contributed by atoms with Gasteiger partial charge in [0.05, 0.1) is 10.0 Å². The number of carbonyl (C=O) groups excluding carboxylic acids is 2. The monoisotopic (exact) mass is 411 g/mol. The molecule has 6 nitrogen and oxygen atoms in total. The molecule has 2 heterocycles. The Hall–Kier alpha value is -1.76. The van der Waals surface area contributed by atoms with Gasteiger partial charge in [0, 0.05) is 42.6 Å². The number of amides is 2. The molecule has 0 atom stereocenters. The second kappa shape index (κ2) is 8.50. The Bertz CT molecular complexity index is 757. The number of phenolic OH excluding ortho intramolecular Hbond substituents is 1. The van der Waals surface area contributed by atoms with E-state index in [0.717, 1.165) is 25.9 Å². The van der Waals surface area contributed by atoms with Gasteiger partial charge in [-0.25, -0.2) is 0 Å². The van der Waals surface area contributed by atoms with Crippen molar-refractivity contribution in [1.82, 2.24) is 15.5 Å². The first-order valence-corrected chi connectivity index (χ1v) is 9.77. The van der Waals surface area contributed by atoms with E-state index in [2.05, 4.69) is 17.2 Å². The standard InChI is InChI=1S/C19H23Cl2N3O3/c1-2-15(25)24-9-13(10-24)16-17(21)14(20)7-12(18(16)26)8-23-19(27)11-3-5-22-6-4-11/h2,7,11,13,22,26H,1,3-6,8-10H2,(H,23,27). The van der Waals surface area contributed by atoms with Gasteiger partial charge in [-0.1, -0.05) is 29.8 Å². The minimum absolute atomic E-state index is 0.0132. The van der Waals surface area contributed by atoms with Crippen molar-refractivity contribution < 1.29 is 14.7 Å². The maximum absolute atomic E-state index is 12.3. The first-order valence-electron chi connectivity index (χ1n) is 9.01. The van der Waals surface area contributed by atoms with E-state index in [9.17, 15) is 14.7 Å². The quantitative estimate of drug-likeness (QED) is 0.649. The third kappa shape index (κ3) is 4.23. The second-order valence-corrected chi connectivity index (χ2v) is 7.77. The third-order valence-corrected chi connectivity index (χ3v) is 6.05. The zero-order valence-electron chi connectivity index (χ0n) is 14.9. The molecule has 2 aliphatic rings. The molecule has 27 heavy (non-hydrogen) atoms. The molecule has 2 fully saturated rings. The van der Waals surface area contributed by atoms with Crippen molar-refractivity contribution in [3.63, 3.8) is 0 Å². The number of likely N-dealkylation sites (tertiary alicyclic amines) is 1. The highest BCUT2D eigenvalue weighted by molar-refractivity contribution is 6.42. The fourth-order valence-electron chi connectivity index (χ4n) is 3.58. The van der Waals surface area contributed by atoms with Crippen molar-refractivity contribution >= 4 is 35.0 Å². The Morgan fingerprint density at radius 1 is 1.33 bits per heavy atom. The van der Waals surface area contributed by atoms with E-state index in [1.165, 1.54) is 6.08 Å². The smallest absolute Gasteiger partial charge is 0.245 e. The molecule has 8 heteroatoms. The van der Waals surface area contributed by atoms with Crippen molar-refractivity contribution in [1.29, 1.82) is 0 Å². The lowest BCUT2D eigenvalue weighted by molar-refractivity contribution is -0.130. The van der Waals surface area contributed by atoms with Gasteiger partial charge in [0.1, 0.15) is 5.75 Å². The summed E-state index contributed by atoms with van der Waals surface area (Å²) in [6.45, 7) is 6.21. The number of nitrogens with zero attached hydrogens (tertiary/aromatic N) is 1. The van der Waals surface area contributed by atoms with Gasteiger partial charge in [0.2, 0.25) is 11.8 Å². The van der Waals surface area contributed by atoms with Gasteiger partial charge in [-0.2, -0.15) is 0 Å². The molecule has 0 bridgehead atoms. The third-order valence-electron chi connectivity index (χ3n) is 5.25. The summed E-state index contributed by atoms with van der Waals surface area (Å²) >= 11 is 12.6. The van der Waals surface area contributed by atoms with Crippen LogP contribution < -0.4 is 10.6 Å². The minimum atomic E-state index is -0.154. The van der Waals surface area contributed by atoms with Crippen molar-refractivity contribution in [2.24, 2.45) is 5.92 Å². The Labute approximate surface area is 168 Å². The number of phenols is 1. The van der Waals surface area contributed by atoms with Crippen molar-refractivity contribution in [2.75, 3.05) is 26.2 Å². The van der Waals surface area contributed by atoms with E-state index in [-0.39, 0.29) is 35.9 Å². The first kappa shape index (κ1) is 20.0. The van der Waals surface area contributed by atoms with Gasteiger partial charge < -0.3 is 20.6 Å². The van der Waals surface area contributed by atoms with Crippen molar-refractivity contribution in [2.45, 2.75) is 25.3 Å². The fraction of sp³-hybridized carbons (Fsp3) is 0.474. The molecule has 0 saturated carbocycles. The molecule has 3 N–H and O–H groups in total. The topological polar surface area (TPSA) is 81.7 Å². The molecule has 2 aliphatic heterocycles. The molecule has 0 spiro atoms. The molecular weight excluding hydrogens is 389 g/mol. The fourth-order valence-corrected chi connectivity index (χ4v) is 4.11. The van der Waals surface area contributed by atoms with E-state index in [4.69, 9.17) is 23.2 Å². The Morgan fingerprint density at radius 2 is 2.00 bits per heavy atom. The molecule has 0 aromatic heterocycles. The SMILES string of the molecule is C=CC(=O)N1CC(c2c(O)c(CNC(=O)C3CCNCC3)cc(Cl)c2Cl)C1. The lowest BCUT2D eigenvalue weighted by Gasteiger charge is -2.39. The van der Waals surface area contributed by atoms with Crippen LogP contribution in [0.4, 0.5) is 0 Å². The molecular formula is C19H23Cl2N3O3. The van der Waals surface area contributed by atoms with Crippen LogP contribution in [0, 0.1) is 5.92 Å². The Balaban J connectivity index is 1.71. The number of nitrogens with one attached hydrogen (secondary N) is 2. The van der Waals surface area contributed by atoms with Crippen LogP contribution in [-0.2, 0) is 16.1 Å². The number of hydrogen-bond donors (Lipinski definition) is 3. The van der Waals surface area contributed by atoms with Crippen LogP contribution in [-0.4, -0.2) is 48.0 Å². The number of rotatable bonds is 5. The summed E-state index contributed by atoms with van der Waals surface area (Å²) in [5.41, 5.74) is 1.05. The summed E-state index contributed by atoms with van der Waals surface area (Å²) in [7, 11) is 0. The van der Waals surface area contributed by atoms with Crippen LogP contribution in [0.5, 0.6) is 5.75 Å². The second-order valence-electron chi connectivity index (χ2n) is 6.98. The number of halogens is 2. The van der Waals surface area contributed by atoms with Crippen LogP contribution in [0.25, 0.3) is 0 Å². The molecule has 3 rings (SSSR count). The van der Waals surface area contributed by atoms with Gasteiger partial charge in [-0.15, -0.1) is 0 Å². The highest BCUT2D eigenvalue weighted by atomic mass is 35.5. The first-order chi connectivity index (χ1) is 12.9. The summed E-state index contributed by atoms with van der Waals surface area (Å²) in [5, 5.41) is 17.4. The molecule has 0 unspecified atom stereocenters. The lowest BCUT2D eigenvalue weighted by Crippen LogP contribution is -2.47. The zero-order chi connectivity index (χ0) is 19.6. The number of aromatic hydroxyl groups is 1. The average molecular weight is 412 g/mol. The molecule has 2 amide bonds. The Morgan fingerprint density at radius 3 is 2.63 bits per heavy atom. The summed E-state index contributed by atoms with van der Waals surface area (Å²) in [6, 6.07) is 1.58. The number of carbonyl (C=O) groups is 2. The van der Waals surface area contributed by atoms with Crippen LogP contribution >= 0.6 is 23.2 Å². The van der Waals surface area contributed by atoms with Crippen molar-refractivity contribution in [3.8, 4) is 5.75 Å². The lowest BCUT2D eigenvalue weighted by atomic mass is 9.89. The maximum Gasteiger partial charge on any atom is 0.245 e. The largest absolute Gasteiger partial charge is 0.507 e. The molecule has 0 radical (unpaired) electrons. The normalized spacial score (nSPS) is 18.1. The van der Waals surface area contributed by atoms with E-state index in [1.807, 2.05) is 0 Å². The maximum atomic E-state index is 12.3. The van der Waals surface area contributed by atoms with Gasteiger partial charge in [0.15, 0.2) is 0 Å². The van der Waals surface area contributed by atoms with E-state index in [1.54, 1.807) is 11.0 Å². The van der Waals surface area contributed by atoms with E-state index < -0.39 is 0 Å².